The van der Waals surface area contributed by atoms with Gasteiger partial charge in [-0.2, -0.15) is 0 Å². The molecule has 1 aromatic rings. The van der Waals surface area contributed by atoms with E-state index in [1.54, 1.807) is 0 Å². The predicted molar refractivity (Wildman–Crippen MR) is 75.0 cm³/mol. The van der Waals surface area contributed by atoms with Crippen LogP contribution < -0.4 is 10.6 Å². The Morgan fingerprint density at radius 3 is 2.55 bits per heavy atom. The number of benzene rings is 1. The average molecular weight is 302 g/mol. The van der Waals surface area contributed by atoms with Crippen molar-refractivity contribution in [2.24, 2.45) is 5.92 Å². The number of nitro groups is 1. The van der Waals surface area contributed by atoms with Gasteiger partial charge in [-0.15, -0.1) is 12.4 Å². The summed E-state index contributed by atoms with van der Waals surface area (Å²) in [4.78, 5) is 21.8. The van der Waals surface area contributed by atoms with Gasteiger partial charge in [0, 0.05) is 43.2 Å². The minimum atomic E-state index is -0.512. The molecule has 7 nitrogen and oxygen atoms in total. The number of aliphatic hydroxyl groups is 1. The number of non-ortho nitro benzene ring substituents is 1. The van der Waals surface area contributed by atoms with E-state index in [9.17, 15) is 20.0 Å². The summed E-state index contributed by atoms with van der Waals surface area (Å²) in [6.45, 7) is 1.59. The molecule has 20 heavy (non-hydrogen) atoms. The molecule has 1 aromatic carbocycles. The SMILES string of the molecule is Cl.O=C(NCC1CNCC1O)c1ccc([N+](=O)[O-])cc1. The van der Waals surface area contributed by atoms with Gasteiger partial charge < -0.3 is 15.7 Å². The van der Waals surface area contributed by atoms with Gasteiger partial charge in [0.25, 0.3) is 11.6 Å². The van der Waals surface area contributed by atoms with E-state index in [1.165, 1.54) is 24.3 Å². The molecule has 1 aliphatic rings. The highest BCUT2D eigenvalue weighted by Gasteiger charge is 2.25. The molecule has 0 saturated carbocycles. The Balaban J connectivity index is 0.00000200. The number of aliphatic hydroxyl groups excluding tert-OH is 1. The molecule has 0 aromatic heterocycles. The largest absolute Gasteiger partial charge is 0.391 e. The van der Waals surface area contributed by atoms with Crippen LogP contribution in [0.4, 0.5) is 5.69 Å². The van der Waals surface area contributed by atoms with Crippen LogP contribution in [-0.4, -0.2) is 41.7 Å². The van der Waals surface area contributed by atoms with E-state index in [4.69, 9.17) is 0 Å². The second kappa shape index (κ2) is 7.18. The topological polar surface area (TPSA) is 104 Å². The van der Waals surface area contributed by atoms with Crippen LogP contribution in [-0.2, 0) is 0 Å². The minimum Gasteiger partial charge on any atom is -0.391 e. The summed E-state index contributed by atoms with van der Waals surface area (Å²) < 4.78 is 0. The lowest BCUT2D eigenvalue weighted by molar-refractivity contribution is -0.384. The fourth-order valence-electron chi connectivity index (χ4n) is 1.99. The number of rotatable bonds is 4. The van der Waals surface area contributed by atoms with Crippen LogP contribution in [0.2, 0.25) is 0 Å². The van der Waals surface area contributed by atoms with Crippen LogP contribution in [0.15, 0.2) is 24.3 Å². The first-order chi connectivity index (χ1) is 9.08. The smallest absolute Gasteiger partial charge is 0.269 e. The molecule has 3 N–H and O–H groups in total. The number of nitrogens with one attached hydrogen (secondary N) is 2. The maximum Gasteiger partial charge on any atom is 0.269 e. The molecule has 1 aliphatic heterocycles. The van der Waals surface area contributed by atoms with Crippen molar-refractivity contribution in [2.45, 2.75) is 6.10 Å². The number of halogens is 1. The Hall–Kier alpha value is -1.70. The van der Waals surface area contributed by atoms with Gasteiger partial charge in [-0.1, -0.05) is 0 Å². The van der Waals surface area contributed by atoms with Gasteiger partial charge in [0.15, 0.2) is 0 Å². The molecule has 0 radical (unpaired) electrons. The second-order valence-corrected chi connectivity index (χ2v) is 4.50. The molecule has 1 fully saturated rings. The van der Waals surface area contributed by atoms with E-state index >= 15 is 0 Å². The van der Waals surface area contributed by atoms with Gasteiger partial charge in [-0.25, -0.2) is 0 Å². The Kier molecular flexibility index (Phi) is 5.87. The van der Waals surface area contributed by atoms with Gasteiger partial charge in [-0.05, 0) is 12.1 Å². The number of nitrogens with zero attached hydrogens (tertiary/aromatic N) is 1. The van der Waals surface area contributed by atoms with E-state index in [0.717, 1.165) is 0 Å². The first kappa shape index (κ1) is 16.4. The fraction of sp³-hybridized carbons (Fsp3) is 0.417. The van der Waals surface area contributed by atoms with Crippen molar-refractivity contribution in [3.63, 3.8) is 0 Å². The molecule has 0 bridgehead atoms. The van der Waals surface area contributed by atoms with Crippen molar-refractivity contribution >= 4 is 24.0 Å². The highest BCUT2D eigenvalue weighted by atomic mass is 35.5. The van der Waals surface area contributed by atoms with E-state index < -0.39 is 11.0 Å². The molecule has 1 amide bonds. The Labute approximate surface area is 121 Å². The zero-order valence-electron chi connectivity index (χ0n) is 10.6. The lowest BCUT2D eigenvalue weighted by Crippen LogP contribution is -2.34. The van der Waals surface area contributed by atoms with Crippen LogP contribution in [0, 0.1) is 16.0 Å². The number of carbonyl (C=O) groups is 1. The Bertz CT molecular complexity index is 480. The van der Waals surface area contributed by atoms with Gasteiger partial charge in [-0.3, -0.25) is 14.9 Å². The molecular formula is C12H16ClN3O4. The molecular weight excluding hydrogens is 286 g/mol. The predicted octanol–water partition coefficient (Wildman–Crippen LogP) is 0.327. The monoisotopic (exact) mass is 301 g/mol. The maximum absolute atomic E-state index is 11.8. The summed E-state index contributed by atoms with van der Waals surface area (Å²) in [7, 11) is 0. The maximum atomic E-state index is 11.8. The molecule has 1 heterocycles. The lowest BCUT2D eigenvalue weighted by atomic mass is 10.1. The van der Waals surface area contributed by atoms with Crippen LogP contribution in [0.1, 0.15) is 10.4 Å². The number of hydrogen-bond donors (Lipinski definition) is 3. The van der Waals surface area contributed by atoms with Gasteiger partial charge in [0.05, 0.1) is 11.0 Å². The van der Waals surface area contributed by atoms with Gasteiger partial charge >= 0.3 is 0 Å². The summed E-state index contributed by atoms with van der Waals surface area (Å²) >= 11 is 0. The first-order valence-corrected chi connectivity index (χ1v) is 5.99. The molecule has 8 heteroatoms. The molecule has 0 aliphatic carbocycles. The third-order valence-electron chi connectivity index (χ3n) is 3.17. The minimum absolute atomic E-state index is 0. The summed E-state index contributed by atoms with van der Waals surface area (Å²) in [6.07, 6.45) is -0.447. The van der Waals surface area contributed by atoms with Crippen molar-refractivity contribution in [2.75, 3.05) is 19.6 Å². The highest BCUT2D eigenvalue weighted by molar-refractivity contribution is 5.94. The van der Waals surface area contributed by atoms with E-state index in [-0.39, 0.29) is 29.9 Å². The third kappa shape index (κ3) is 3.89. The molecule has 2 unspecified atom stereocenters. The standard InChI is InChI=1S/C12H15N3O4.ClH/c16-11-7-13-5-9(11)6-14-12(17)8-1-3-10(4-2-8)15(18)19;/h1-4,9,11,13,16H,5-7H2,(H,14,17);1H. The molecule has 2 rings (SSSR count). The molecule has 2 atom stereocenters. The molecule has 1 saturated heterocycles. The summed E-state index contributed by atoms with van der Waals surface area (Å²) in [5.41, 5.74) is 0.318. The van der Waals surface area contributed by atoms with Crippen LogP contribution in [0.5, 0.6) is 0 Å². The highest BCUT2D eigenvalue weighted by Crippen LogP contribution is 2.12. The zero-order chi connectivity index (χ0) is 13.8. The van der Waals surface area contributed by atoms with E-state index in [0.29, 0.717) is 25.2 Å². The summed E-state index contributed by atoms with van der Waals surface area (Å²) in [6, 6.07) is 5.41. The number of nitro benzene ring substituents is 1. The number of β-amino-alcohol motifs (C(OH)–C–C–N with tert-alkyl or cyclic N) is 1. The van der Waals surface area contributed by atoms with Crippen LogP contribution >= 0.6 is 12.4 Å². The third-order valence-corrected chi connectivity index (χ3v) is 3.17. The second-order valence-electron chi connectivity index (χ2n) is 4.50. The number of hydrogen-bond acceptors (Lipinski definition) is 5. The van der Waals surface area contributed by atoms with Gasteiger partial charge in [0.1, 0.15) is 0 Å². The normalized spacial score (nSPS) is 21.1. The van der Waals surface area contributed by atoms with Crippen molar-refractivity contribution in [1.29, 1.82) is 0 Å². The van der Waals surface area contributed by atoms with Crippen molar-refractivity contribution in [1.82, 2.24) is 10.6 Å². The summed E-state index contributed by atoms with van der Waals surface area (Å²) in [5.74, 6) is -0.295. The van der Waals surface area contributed by atoms with Crippen molar-refractivity contribution in [3.8, 4) is 0 Å². The molecule has 110 valence electrons. The summed E-state index contributed by atoms with van der Waals surface area (Å²) in [5, 5.41) is 25.8. The van der Waals surface area contributed by atoms with E-state index in [2.05, 4.69) is 10.6 Å². The fourth-order valence-corrected chi connectivity index (χ4v) is 1.99. The average Bonchev–Trinajstić information content (AvgIpc) is 2.81. The van der Waals surface area contributed by atoms with Crippen molar-refractivity contribution in [3.05, 3.63) is 39.9 Å². The van der Waals surface area contributed by atoms with E-state index in [1.807, 2.05) is 0 Å². The first-order valence-electron chi connectivity index (χ1n) is 5.99. The lowest BCUT2D eigenvalue weighted by Gasteiger charge is -2.13. The van der Waals surface area contributed by atoms with Crippen LogP contribution in [0.25, 0.3) is 0 Å². The Morgan fingerprint density at radius 2 is 2.05 bits per heavy atom. The quantitative estimate of drug-likeness (QED) is 0.549. The van der Waals surface area contributed by atoms with Crippen LogP contribution in [0.3, 0.4) is 0 Å². The number of carbonyl (C=O) groups excluding carboxylic acids is 1. The van der Waals surface area contributed by atoms with Gasteiger partial charge in [0.2, 0.25) is 0 Å². The Morgan fingerprint density at radius 1 is 1.40 bits per heavy atom. The zero-order valence-corrected chi connectivity index (χ0v) is 11.4. The van der Waals surface area contributed by atoms with Crippen molar-refractivity contribution < 1.29 is 14.8 Å². The molecule has 0 spiro atoms. The number of amides is 1.